The molecule has 1 aliphatic heterocycles. The van der Waals surface area contributed by atoms with Crippen LogP contribution in [-0.4, -0.2) is 35.8 Å². The lowest BCUT2D eigenvalue weighted by molar-refractivity contribution is -0.126. The molecule has 0 spiro atoms. The minimum Gasteiger partial charge on any atom is -0.353 e. The Morgan fingerprint density at radius 2 is 1.50 bits per heavy atom. The molecule has 0 unspecified atom stereocenters. The second kappa shape index (κ2) is 9.92. The summed E-state index contributed by atoms with van der Waals surface area (Å²) >= 11 is 0. The Bertz CT molecular complexity index is 850. The van der Waals surface area contributed by atoms with Crippen LogP contribution in [0.2, 0.25) is 0 Å². The first kappa shape index (κ1) is 20.6. The van der Waals surface area contributed by atoms with Gasteiger partial charge in [-0.3, -0.25) is 9.59 Å². The molecule has 1 heterocycles. The first-order valence-corrected chi connectivity index (χ1v) is 11.4. The number of benzene rings is 2. The molecule has 30 heavy (non-hydrogen) atoms. The number of amides is 2. The van der Waals surface area contributed by atoms with Crippen molar-refractivity contribution in [3.63, 3.8) is 0 Å². The number of carbonyl (C=O) groups excluding carboxylic acids is 2. The van der Waals surface area contributed by atoms with Gasteiger partial charge in [-0.2, -0.15) is 0 Å². The second-order valence-corrected chi connectivity index (χ2v) is 8.73. The molecule has 4 heteroatoms. The normalized spacial score (nSPS) is 18.2. The van der Waals surface area contributed by atoms with Crippen LogP contribution in [0.1, 0.15) is 66.4 Å². The zero-order valence-corrected chi connectivity index (χ0v) is 17.7. The molecule has 0 atom stereocenters. The number of nitrogens with zero attached hydrogens (tertiary/aromatic N) is 1. The Morgan fingerprint density at radius 1 is 0.833 bits per heavy atom. The van der Waals surface area contributed by atoms with Crippen LogP contribution in [0.15, 0.2) is 54.6 Å². The third kappa shape index (κ3) is 5.10. The molecule has 2 amide bonds. The highest BCUT2D eigenvalue weighted by Crippen LogP contribution is 2.25. The van der Waals surface area contributed by atoms with Crippen LogP contribution in [0.3, 0.4) is 0 Å². The highest BCUT2D eigenvalue weighted by Gasteiger charge is 2.28. The highest BCUT2D eigenvalue weighted by atomic mass is 16.2. The van der Waals surface area contributed by atoms with Gasteiger partial charge >= 0.3 is 0 Å². The van der Waals surface area contributed by atoms with Gasteiger partial charge in [0.25, 0.3) is 5.91 Å². The van der Waals surface area contributed by atoms with Crippen LogP contribution in [0.5, 0.6) is 0 Å². The van der Waals surface area contributed by atoms with E-state index in [1.807, 2.05) is 41.3 Å². The molecule has 2 fully saturated rings. The fourth-order valence-corrected chi connectivity index (χ4v) is 4.78. The van der Waals surface area contributed by atoms with Crippen LogP contribution in [-0.2, 0) is 11.2 Å². The molecule has 2 aromatic rings. The van der Waals surface area contributed by atoms with E-state index in [0.29, 0.717) is 13.1 Å². The minimum absolute atomic E-state index is 0.110. The third-order valence-electron chi connectivity index (χ3n) is 6.59. The Balaban J connectivity index is 1.34. The van der Waals surface area contributed by atoms with E-state index in [1.54, 1.807) is 0 Å². The van der Waals surface area contributed by atoms with Crippen molar-refractivity contribution in [3.05, 3.63) is 71.3 Å². The summed E-state index contributed by atoms with van der Waals surface area (Å²) in [4.78, 5) is 27.7. The van der Waals surface area contributed by atoms with Gasteiger partial charge in [-0.25, -0.2) is 0 Å². The van der Waals surface area contributed by atoms with E-state index < -0.39 is 0 Å². The molecule has 1 saturated carbocycles. The summed E-state index contributed by atoms with van der Waals surface area (Å²) in [5.41, 5.74) is 3.08. The predicted octanol–water partition coefficient (Wildman–Crippen LogP) is 4.58. The fraction of sp³-hybridized carbons (Fsp3) is 0.462. The van der Waals surface area contributed by atoms with Gasteiger partial charge in [0.2, 0.25) is 5.91 Å². The molecule has 158 valence electrons. The SMILES string of the molecule is O=C(NC1CCN(C(=O)c2ccccc2Cc2ccccc2)CC1)C1CCCCC1. The van der Waals surface area contributed by atoms with Crippen molar-refractivity contribution in [2.75, 3.05) is 13.1 Å². The van der Waals surface area contributed by atoms with E-state index in [-0.39, 0.29) is 23.8 Å². The number of carbonyl (C=O) groups is 2. The summed E-state index contributed by atoms with van der Waals surface area (Å²) in [6, 6.07) is 18.4. The van der Waals surface area contributed by atoms with E-state index >= 15 is 0 Å². The molecular formula is C26H32N2O2. The molecule has 2 aromatic carbocycles. The molecule has 4 nitrogen and oxygen atoms in total. The van der Waals surface area contributed by atoms with Crippen molar-refractivity contribution in [2.24, 2.45) is 5.92 Å². The topological polar surface area (TPSA) is 49.4 Å². The third-order valence-corrected chi connectivity index (χ3v) is 6.59. The molecule has 1 N–H and O–H groups in total. The molecule has 1 saturated heterocycles. The van der Waals surface area contributed by atoms with Crippen molar-refractivity contribution < 1.29 is 9.59 Å². The van der Waals surface area contributed by atoms with Crippen LogP contribution in [0, 0.1) is 5.92 Å². The van der Waals surface area contributed by atoms with Crippen LogP contribution >= 0.6 is 0 Å². The van der Waals surface area contributed by atoms with Crippen molar-refractivity contribution in [1.82, 2.24) is 10.2 Å². The van der Waals surface area contributed by atoms with Crippen LogP contribution in [0.25, 0.3) is 0 Å². The Kier molecular flexibility index (Phi) is 6.83. The quantitative estimate of drug-likeness (QED) is 0.793. The lowest BCUT2D eigenvalue weighted by Gasteiger charge is -2.34. The number of hydrogen-bond acceptors (Lipinski definition) is 2. The zero-order valence-electron chi connectivity index (χ0n) is 17.7. The average Bonchev–Trinajstić information content (AvgIpc) is 2.81. The molecule has 1 aliphatic carbocycles. The molecule has 2 aliphatic rings. The van der Waals surface area contributed by atoms with E-state index in [4.69, 9.17) is 0 Å². The van der Waals surface area contributed by atoms with Crippen LogP contribution < -0.4 is 5.32 Å². The highest BCUT2D eigenvalue weighted by molar-refractivity contribution is 5.96. The lowest BCUT2D eigenvalue weighted by atomic mass is 9.88. The fourth-order valence-electron chi connectivity index (χ4n) is 4.78. The van der Waals surface area contributed by atoms with Crippen molar-refractivity contribution in [1.29, 1.82) is 0 Å². The number of likely N-dealkylation sites (tertiary alicyclic amines) is 1. The average molecular weight is 405 g/mol. The zero-order chi connectivity index (χ0) is 20.8. The van der Waals surface area contributed by atoms with Crippen molar-refractivity contribution in [3.8, 4) is 0 Å². The maximum Gasteiger partial charge on any atom is 0.254 e. The summed E-state index contributed by atoms with van der Waals surface area (Å²) in [6.45, 7) is 1.40. The van der Waals surface area contributed by atoms with E-state index in [0.717, 1.165) is 43.2 Å². The molecule has 4 rings (SSSR count). The summed E-state index contributed by atoms with van der Waals surface area (Å²) in [5, 5.41) is 3.25. The van der Waals surface area contributed by atoms with Gasteiger partial charge in [0, 0.05) is 30.6 Å². The smallest absolute Gasteiger partial charge is 0.254 e. The number of hydrogen-bond donors (Lipinski definition) is 1. The summed E-state index contributed by atoms with van der Waals surface area (Å²) in [7, 11) is 0. The molecular weight excluding hydrogens is 372 g/mol. The Labute approximate surface area is 179 Å². The standard InChI is InChI=1S/C26H32N2O2/c29-25(21-11-5-2-6-12-21)27-23-15-17-28(18-16-23)26(30)24-14-8-7-13-22(24)19-20-9-3-1-4-10-20/h1,3-4,7-10,13-14,21,23H,2,5-6,11-12,15-19H2,(H,27,29). The van der Waals surface area contributed by atoms with Gasteiger partial charge in [0.1, 0.15) is 0 Å². The van der Waals surface area contributed by atoms with Gasteiger partial charge in [-0.15, -0.1) is 0 Å². The first-order chi connectivity index (χ1) is 14.7. The monoisotopic (exact) mass is 404 g/mol. The van der Waals surface area contributed by atoms with Crippen molar-refractivity contribution >= 4 is 11.8 Å². The predicted molar refractivity (Wildman–Crippen MR) is 119 cm³/mol. The van der Waals surface area contributed by atoms with E-state index in [2.05, 4.69) is 23.5 Å². The number of piperidine rings is 1. The largest absolute Gasteiger partial charge is 0.353 e. The molecule has 0 radical (unpaired) electrons. The summed E-state index contributed by atoms with van der Waals surface area (Å²) in [6.07, 6.45) is 8.10. The van der Waals surface area contributed by atoms with Crippen LogP contribution in [0.4, 0.5) is 0 Å². The Morgan fingerprint density at radius 3 is 2.23 bits per heavy atom. The molecule has 0 aromatic heterocycles. The lowest BCUT2D eigenvalue weighted by Crippen LogP contribution is -2.48. The van der Waals surface area contributed by atoms with Gasteiger partial charge in [-0.1, -0.05) is 67.8 Å². The van der Waals surface area contributed by atoms with Gasteiger partial charge in [0.05, 0.1) is 0 Å². The first-order valence-electron chi connectivity index (χ1n) is 11.4. The summed E-state index contributed by atoms with van der Waals surface area (Å²) in [5.74, 6) is 0.537. The van der Waals surface area contributed by atoms with E-state index in [1.165, 1.54) is 24.8 Å². The van der Waals surface area contributed by atoms with Gasteiger partial charge < -0.3 is 10.2 Å². The van der Waals surface area contributed by atoms with Gasteiger partial charge in [-0.05, 0) is 49.3 Å². The maximum atomic E-state index is 13.2. The van der Waals surface area contributed by atoms with Gasteiger partial charge in [0.15, 0.2) is 0 Å². The van der Waals surface area contributed by atoms with E-state index in [9.17, 15) is 9.59 Å². The number of nitrogens with one attached hydrogen (secondary N) is 1. The number of rotatable bonds is 5. The summed E-state index contributed by atoms with van der Waals surface area (Å²) < 4.78 is 0. The minimum atomic E-state index is 0.110. The maximum absolute atomic E-state index is 13.2. The second-order valence-electron chi connectivity index (χ2n) is 8.73. The van der Waals surface area contributed by atoms with Crippen molar-refractivity contribution in [2.45, 2.75) is 57.4 Å². The molecule has 0 bridgehead atoms. The Hall–Kier alpha value is -2.62.